The van der Waals surface area contributed by atoms with Crippen LogP contribution in [0.5, 0.6) is 5.75 Å². The molecule has 0 aliphatic carbocycles. The molecular formula is C10H8F2O3. The Kier molecular flexibility index (Phi) is 3.04. The largest absolute Gasteiger partial charge is 0.493 e. The van der Waals surface area contributed by atoms with Crippen molar-refractivity contribution in [1.29, 1.82) is 0 Å². The maximum atomic E-state index is 13.2. The molecule has 0 radical (unpaired) electrons. The number of benzene rings is 1. The van der Waals surface area contributed by atoms with Crippen LogP contribution in [0.3, 0.4) is 0 Å². The Balaban J connectivity index is 3.37. The minimum Gasteiger partial charge on any atom is -0.493 e. The second-order valence-electron chi connectivity index (χ2n) is 2.73. The summed E-state index contributed by atoms with van der Waals surface area (Å²) in [5, 5.41) is 8.64. The smallest absolute Gasteiger partial charge is 0.335 e. The third-order valence-electron chi connectivity index (χ3n) is 1.84. The maximum absolute atomic E-state index is 13.2. The Labute approximate surface area is 84.6 Å². The van der Waals surface area contributed by atoms with E-state index in [-0.39, 0.29) is 11.1 Å². The molecule has 0 aliphatic rings. The highest BCUT2D eigenvalue weighted by molar-refractivity contribution is 6.15. The summed E-state index contributed by atoms with van der Waals surface area (Å²) in [4.78, 5) is 10.6. The molecule has 0 bridgehead atoms. The lowest BCUT2D eigenvalue weighted by molar-refractivity contribution is -0.130. The lowest BCUT2D eigenvalue weighted by Gasteiger charge is -2.09. The van der Waals surface area contributed by atoms with Crippen molar-refractivity contribution in [3.05, 3.63) is 35.9 Å². The second kappa shape index (κ2) is 4.08. The highest BCUT2D eigenvalue weighted by atomic mass is 19.2. The van der Waals surface area contributed by atoms with Crippen molar-refractivity contribution < 1.29 is 23.4 Å². The van der Waals surface area contributed by atoms with Gasteiger partial charge in [0.05, 0.1) is 12.7 Å². The van der Waals surface area contributed by atoms with E-state index in [2.05, 4.69) is 11.3 Å². The first-order valence-electron chi connectivity index (χ1n) is 3.93. The van der Waals surface area contributed by atoms with Crippen molar-refractivity contribution in [1.82, 2.24) is 0 Å². The Morgan fingerprint density at radius 2 is 2.07 bits per heavy atom. The van der Waals surface area contributed by atoms with Gasteiger partial charge in [-0.15, -0.1) is 0 Å². The molecule has 0 atom stereocenters. The van der Waals surface area contributed by atoms with Gasteiger partial charge in [-0.2, -0.15) is 4.39 Å². The average Bonchev–Trinajstić information content (AvgIpc) is 2.20. The number of aliphatic carboxylic acids is 1. The minimum absolute atomic E-state index is 0.0797. The Hall–Kier alpha value is -1.91. The van der Waals surface area contributed by atoms with Crippen LogP contribution in [0, 0.1) is 11.6 Å². The first kappa shape index (κ1) is 11.2. The molecule has 80 valence electrons. The van der Waals surface area contributed by atoms with Gasteiger partial charge in [0.2, 0.25) is 5.82 Å². The van der Waals surface area contributed by atoms with Gasteiger partial charge in [0.1, 0.15) is 0 Å². The number of hydrogen-bond donors (Lipinski definition) is 1. The number of carboxylic acids is 1. The lowest BCUT2D eigenvalue weighted by Crippen LogP contribution is -2.03. The Bertz CT molecular complexity index is 427. The monoisotopic (exact) mass is 214 g/mol. The Morgan fingerprint density at radius 1 is 1.47 bits per heavy atom. The van der Waals surface area contributed by atoms with E-state index in [4.69, 9.17) is 5.11 Å². The molecule has 1 N–H and O–H groups in total. The quantitative estimate of drug-likeness (QED) is 0.783. The average molecular weight is 214 g/mol. The van der Waals surface area contributed by atoms with E-state index in [1.807, 2.05) is 0 Å². The Morgan fingerprint density at radius 3 is 2.53 bits per heavy atom. The van der Waals surface area contributed by atoms with Gasteiger partial charge >= 0.3 is 5.97 Å². The molecule has 1 aromatic carbocycles. The number of halogens is 2. The molecule has 0 saturated heterocycles. The van der Waals surface area contributed by atoms with Crippen LogP contribution in [0.1, 0.15) is 5.56 Å². The van der Waals surface area contributed by atoms with Crippen LogP contribution >= 0.6 is 0 Å². The molecule has 0 saturated carbocycles. The normalized spacial score (nSPS) is 9.80. The van der Waals surface area contributed by atoms with Crippen molar-refractivity contribution in [2.24, 2.45) is 0 Å². The minimum atomic E-state index is -1.32. The zero-order chi connectivity index (χ0) is 11.6. The van der Waals surface area contributed by atoms with Crippen LogP contribution in [-0.2, 0) is 4.79 Å². The van der Waals surface area contributed by atoms with Gasteiger partial charge in [-0.1, -0.05) is 6.58 Å². The molecule has 0 heterocycles. The van der Waals surface area contributed by atoms with Crippen molar-refractivity contribution in [2.45, 2.75) is 0 Å². The zero-order valence-corrected chi connectivity index (χ0v) is 7.88. The molecule has 15 heavy (non-hydrogen) atoms. The third-order valence-corrected chi connectivity index (χ3v) is 1.84. The van der Waals surface area contributed by atoms with Gasteiger partial charge in [-0.05, 0) is 12.1 Å². The number of carboxylic acid groups (broad SMARTS) is 1. The van der Waals surface area contributed by atoms with Crippen molar-refractivity contribution in [3.8, 4) is 5.75 Å². The van der Waals surface area contributed by atoms with E-state index in [0.717, 1.165) is 19.2 Å². The summed E-state index contributed by atoms with van der Waals surface area (Å²) in [7, 11) is 1.12. The van der Waals surface area contributed by atoms with Crippen LogP contribution in [0.2, 0.25) is 0 Å². The van der Waals surface area contributed by atoms with Crippen molar-refractivity contribution in [2.75, 3.05) is 7.11 Å². The summed E-state index contributed by atoms with van der Waals surface area (Å²) in [6.45, 7) is 3.24. The summed E-state index contributed by atoms with van der Waals surface area (Å²) < 4.78 is 30.5. The molecular weight excluding hydrogens is 206 g/mol. The molecule has 1 rings (SSSR count). The van der Waals surface area contributed by atoms with Crippen LogP contribution in [-0.4, -0.2) is 18.2 Å². The summed E-state index contributed by atoms with van der Waals surface area (Å²) in [5.41, 5.74) is -0.436. The molecule has 0 amide bonds. The molecule has 5 heteroatoms. The number of ether oxygens (including phenoxy) is 1. The molecule has 0 unspecified atom stereocenters. The molecule has 0 aromatic heterocycles. The molecule has 1 aromatic rings. The van der Waals surface area contributed by atoms with Gasteiger partial charge in [-0.3, -0.25) is 0 Å². The van der Waals surface area contributed by atoms with E-state index in [0.29, 0.717) is 0 Å². The number of hydrogen-bond acceptors (Lipinski definition) is 2. The zero-order valence-electron chi connectivity index (χ0n) is 7.88. The maximum Gasteiger partial charge on any atom is 0.335 e. The van der Waals surface area contributed by atoms with Gasteiger partial charge in [0.25, 0.3) is 0 Å². The van der Waals surface area contributed by atoms with Crippen LogP contribution < -0.4 is 4.74 Å². The van der Waals surface area contributed by atoms with Crippen molar-refractivity contribution >= 4 is 11.5 Å². The fourth-order valence-electron chi connectivity index (χ4n) is 1.08. The highest BCUT2D eigenvalue weighted by Crippen LogP contribution is 2.29. The van der Waals surface area contributed by atoms with Crippen molar-refractivity contribution in [3.63, 3.8) is 0 Å². The third kappa shape index (κ3) is 1.96. The summed E-state index contributed by atoms with van der Waals surface area (Å²) in [6.07, 6.45) is 0. The number of rotatable bonds is 3. The first-order valence-corrected chi connectivity index (χ1v) is 3.93. The fourth-order valence-corrected chi connectivity index (χ4v) is 1.08. The van der Waals surface area contributed by atoms with Gasteiger partial charge in [0.15, 0.2) is 11.6 Å². The standard InChI is InChI=1S/C10H8F2O3/c1-5(10(13)14)6-3-4-7(11)8(12)9(6)15-2/h3-4H,1H2,2H3,(H,13,14). The topological polar surface area (TPSA) is 46.5 Å². The lowest BCUT2D eigenvalue weighted by atomic mass is 10.1. The fraction of sp³-hybridized carbons (Fsp3) is 0.100. The molecule has 0 aliphatic heterocycles. The van der Waals surface area contributed by atoms with Crippen LogP contribution in [0.4, 0.5) is 8.78 Å². The number of carbonyl (C=O) groups is 1. The first-order chi connectivity index (χ1) is 6.99. The van der Waals surface area contributed by atoms with E-state index in [1.165, 1.54) is 0 Å². The van der Waals surface area contributed by atoms with Gasteiger partial charge in [0, 0.05) is 5.56 Å². The van der Waals surface area contributed by atoms with Crippen LogP contribution in [0.25, 0.3) is 5.57 Å². The summed E-state index contributed by atoms with van der Waals surface area (Å²) in [5.74, 6) is -4.10. The molecule has 0 spiro atoms. The highest BCUT2D eigenvalue weighted by Gasteiger charge is 2.19. The molecule has 0 fully saturated rings. The SMILES string of the molecule is C=C(C(=O)O)c1ccc(F)c(F)c1OC. The van der Waals surface area contributed by atoms with Gasteiger partial charge in [-0.25, -0.2) is 9.18 Å². The van der Waals surface area contributed by atoms with E-state index in [1.54, 1.807) is 0 Å². The van der Waals surface area contributed by atoms with E-state index in [9.17, 15) is 13.6 Å². The predicted molar refractivity (Wildman–Crippen MR) is 49.6 cm³/mol. The summed E-state index contributed by atoms with van der Waals surface area (Å²) >= 11 is 0. The predicted octanol–water partition coefficient (Wildman–Crippen LogP) is 2.07. The van der Waals surface area contributed by atoms with Crippen LogP contribution in [0.15, 0.2) is 18.7 Å². The number of methoxy groups -OCH3 is 1. The second-order valence-corrected chi connectivity index (χ2v) is 2.73. The van der Waals surface area contributed by atoms with Gasteiger partial charge < -0.3 is 9.84 Å². The van der Waals surface area contributed by atoms with E-state index < -0.39 is 23.4 Å². The van der Waals surface area contributed by atoms with E-state index >= 15 is 0 Å². The summed E-state index contributed by atoms with van der Waals surface area (Å²) in [6, 6.07) is 1.93. The molecule has 3 nitrogen and oxygen atoms in total.